The number of nitrogens with zero attached hydrogens (tertiary/aromatic N) is 1. The van der Waals surface area contributed by atoms with Gasteiger partial charge in [-0.05, 0) is 102 Å². The number of allylic oxidation sites excluding steroid dienone is 2. The van der Waals surface area contributed by atoms with Gasteiger partial charge in [0.15, 0.2) is 11.5 Å². The standard InChI is InChI=1S/C31H33IN2O2/c1-4-15-36-31-27(32)17-21(18-29(31)35-5-2)19-33-23-12-10-22(11-13-23)30-25-8-6-7-24(25)26-16-20(3)9-14-28(26)34-30/h6-7,9-14,16-19,24-25,30,34H,4-5,8,15H2,1-3H3/t24-,25+,30+/m1/s1. The summed E-state index contributed by atoms with van der Waals surface area (Å²) in [5.74, 6) is 2.61. The number of rotatable bonds is 8. The first kappa shape index (κ1) is 24.9. The van der Waals surface area contributed by atoms with E-state index in [-0.39, 0.29) is 0 Å². The van der Waals surface area contributed by atoms with Crippen molar-refractivity contribution in [2.75, 3.05) is 18.5 Å². The number of nitrogens with one attached hydrogen (secondary N) is 1. The smallest absolute Gasteiger partial charge is 0.174 e. The van der Waals surface area contributed by atoms with Gasteiger partial charge in [-0.3, -0.25) is 4.99 Å². The van der Waals surface area contributed by atoms with E-state index in [1.165, 1.54) is 22.4 Å². The van der Waals surface area contributed by atoms with Crippen molar-refractivity contribution in [3.8, 4) is 11.5 Å². The number of hydrogen-bond acceptors (Lipinski definition) is 4. The molecule has 0 saturated heterocycles. The van der Waals surface area contributed by atoms with Crippen LogP contribution < -0.4 is 14.8 Å². The predicted molar refractivity (Wildman–Crippen MR) is 157 cm³/mol. The molecule has 0 bridgehead atoms. The van der Waals surface area contributed by atoms with Crippen LogP contribution >= 0.6 is 22.6 Å². The molecule has 4 nitrogen and oxygen atoms in total. The molecule has 0 amide bonds. The van der Waals surface area contributed by atoms with E-state index in [4.69, 9.17) is 14.5 Å². The maximum Gasteiger partial charge on any atom is 0.174 e. The third kappa shape index (κ3) is 5.17. The molecule has 0 spiro atoms. The van der Waals surface area contributed by atoms with Gasteiger partial charge in [-0.25, -0.2) is 0 Å². The Bertz CT molecular complexity index is 1280. The van der Waals surface area contributed by atoms with Gasteiger partial charge in [-0.2, -0.15) is 0 Å². The zero-order valence-electron chi connectivity index (χ0n) is 21.1. The van der Waals surface area contributed by atoms with Crippen LogP contribution in [0.4, 0.5) is 11.4 Å². The molecule has 0 radical (unpaired) electrons. The van der Waals surface area contributed by atoms with E-state index in [2.05, 4.69) is 102 Å². The fourth-order valence-corrected chi connectivity index (χ4v) is 6.01. The summed E-state index contributed by atoms with van der Waals surface area (Å²) in [7, 11) is 0. The molecule has 1 aliphatic carbocycles. The van der Waals surface area contributed by atoms with Gasteiger partial charge in [0.1, 0.15) is 0 Å². The highest BCUT2D eigenvalue weighted by Crippen LogP contribution is 2.50. The number of aryl methyl sites for hydroxylation is 1. The van der Waals surface area contributed by atoms with E-state index in [1.54, 1.807) is 0 Å². The van der Waals surface area contributed by atoms with Crippen molar-refractivity contribution in [2.45, 2.75) is 45.6 Å². The molecule has 5 rings (SSSR count). The Morgan fingerprint density at radius 3 is 2.67 bits per heavy atom. The normalized spacial score (nSPS) is 20.2. The number of anilines is 1. The molecule has 5 heteroatoms. The zero-order chi connectivity index (χ0) is 25.1. The van der Waals surface area contributed by atoms with Gasteiger partial charge in [-0.1, -0.05) is 48.9 Å². The van der Waals surface area contributed by atoms with Crippen LogP contribution in [0.25, 0.3) is 0 Å². The maximum atomic E-state index is 5.93. The molecular formula is C31H33IN2O2. The van der Waals surface area contributed by atoms with Crippen molar-refractivity contribution >= 4 is 40.2 Å². The lowest BCUT2D eigenvalue weighted by Gasteiger charge is -2.37. The highest BCUT2D eigenvalue weighted by molar-refractivity contribution is 14.1. The second-order valence-electron chi connectivity index (χ2n) is 9.53. The first-order valence-corrected chi connectivity index (χ1v) is 13.9. The summed E-state index contributed by atoms with van der Waals surface area (Å²) in [5, 5.41) is 3.83. The lowest BCUT2D eigenvalue weighted by atomic mass is 9.76. The summed E-state index contributed by atoms with van der Waals surface area (Å²) in [6.07, 6.45) is 8.70. The third-order valence-corrected chi connectivity index (χ3v) is 7.72. The average molecular weight is 593 g/mol. The topological polar surface area (TPSA) is 42.8 Å². The minimum Gasteiger partial charge on any atom is -0.490 e. The largest absolute Gasteiger partial charge is 0.490 e. The van der Waals surface area contributed by atoms with Crippen molar-refractivity contribution in [3.05, 3.63) is 92.6 Å². The van der Waals surface area contributed by atoms with Crippen molar-refractivity contribution < 1.29 is 9.47 Å². The number of hydrogen-bond donors (Lipinski definition) is 1. The summed E-state index contributed by atoms with van der Waals surface area (Å²) in [6, 6.07) is 19.8. The van der Waals surface area contributed by atoms with E-state index in [1.807, 2.05) is 19.2 Å². The Labute approximate surface area is 228 Å². The quantitative estimate of drug-likeness (QED) is 0.162. The molecule has 3 atom stereocenters. The highest BCUT2D eigenvalue weighted by Gasteiger charge is 2.37. The van der Waals surface area contributed by atoms with Crippen LogP contribution in [0.3, 0.4) is 0 Å². The van der Waals surface area contributed by atoms with Gasteiger partial charge in [0.2, 0.25) is 0 Å². The summed E-state index contributed by atoms with van der Waals surface area (Å²) < 4.78 is 12.8. The van der Waals surface area contributed by atoms with Crippen LogP contribution in [-0.4, -0.2) is 19.4 Å². The minimum absolute atomic E-state index is 0.296. The molecule has 1 heterocycles. The molecule has 36 heavy (non-hydrogen) atoms. The second-order valence-corrected chi connectivity index (χ2v) is 10.7. The zero-order valence-corrected chi connectivity index (χ0v) is 23.3. The molecule has 0 aromatic heterocycles. The van der Waals surface area contributed by atoms with Crippen LogP contribution in [0.15, 0.2) is 71.7 Å². The van der Waals surface area contributed by atoms with E-state index in [9.17, 15) is 0 Å². The molecule has 3 aromatic carbocycles. The Hall–Kier alpha value is -2.80. The van der Waals surface area contributed by atoms with E-state index in [0.29, 0.717) is 31.1 Å². The lowest BCUT2D eigenvalue weighted by molar-refractivity contribution is 0.275. The molecule has 0 unspecified atom stereocenters. The van der Waals surface area contributed by atoms with E-state index < -0.39 is 0 Å². The van der Waals surface area contributed by atoms with Crippen LogP contribution in [0, 0.1) is 16.4 Å². The molecule has 0 saturated carbocycles. The SMILES string of the molecule is CCCOc1c(I)cc(C=Nc2ccc([C@@H]3Nc4ccc(C)cc4[C@@H]4C=CC[C@@H]43)cc2)cc1OCC. The van der Waals surface area contributed by atoms with Gasteiger partial charge in [0.25, 0.3) is 0 Å². The van der Waals surface area contributed by atoms with Gasteiger partial charge in [-0.15, -0.1) is 0 Å². The summed E-state index contributed by atoms with van der Waals surface area (Å²) in [4.78, 5) is 4.75. The van der Waals surface area contributed by atoms with Gasteiger partial charge in [0, 0.05) is 17.8 Å². The van der Waals surface area contributed by atoms with Crippen LogP contribution in [0.1, 0.15) is 60.9 Å². The second kappa shape index (κ2) is 11.1. The van der Waals surface area contributed by atoms with Crippen LogP contribution in [-0.2, 0) is 0 Å². The number of halogens is 1. The van der Waals surface area contributed by atoms with E-state index >= 15 is 0 Å². The van der Waals surface area contributed by atoms with Crippen LogP contribution in [0.5, 0.6) is 11.5 Å². The van der Waals surface area contributed by atoms with Crippen molar-refractivity contribution in [2.24, 2.45) is 10.9 Å². The summed E-state index contributed by atoms with van der Waals surface area (Å²) >= 11 is 2.31. The number of fused-ring (bicyclic) bond motifs is 3. The van der Waals surface area contributed by atoms with Gasteiger partial charge in [0.05, 0.1) is 28.5 Å². The first-order valence-electron chi connectivity index (χ1n) is 12.8. The van der Waals surface area contributed by atoms with Crippen molar-refractivity contribution in [1.29, 1.82) is 0 Å². The van der Waals surface area contributed by atoms with Crippen molar-refractivity contribution in [1.82, 2.24) is 0 Å². The summed E-state index contributed by atoms with van der Waals surface area (Å²) in [5.41, 5.74) is 7.25. The highest BCUT2D eigenvalue weighted by atomic mass is 127. The number of aliphatic imine (C=N–C) groups is 1. The lowest BCUT2D eigenvalue weighted by Crippen LogP contribution is -2.29. The maximum absolute atomic E-state index is 5.93. The molecule has 3 aromatic rings. The molecule has 0 fully saturated rings. The molecule has 1 N–H and O–H groups in total. The minimum atomic E-state index is 0.296. The predicted octanol–water partition coefficient (Wildman–Crippen LogP) is 8.36. The third-order valence-electron chi connectivity index (χ3n) is 6.92. The van der Waals surface area contributed by atoms with Crippen molar-refractivity contribution in [3.63, 3.8) is 0 Å². The average Bonchev–Trinajstić information content (AvgIpc) is 3.38. The monoisotopic (exact) mass is 592 g/mol. The van der Waals surface area contributed by atoms with Gasteiger partial charge < -0.3 is 14.8 Å². The summed E-state index contributed by atoms with van der Waals surface area (Å²) in [6.45, 7) is 7.54. The molecule has 2 aliphatic rings. The Morgan fingerprint density at radius 1 is 1.06 bits per heavy atom. The Kier molecular flexibility index (Phi) is 7.65. The fraction of sp³-hybridized carbons (Fsp3) is 0.323. The Morgan fingerprint density at radius 2 is 1.89 bits per heavy atom. The molecule has 1 aliphatic heterocycles. The Balaban J connectivity index is 1.34. The van der Waals surface area contributed by atoms with E-state index in [0.717, 1.165) is 39.2 Å². The first-order chi connectivity index (χ1) is 17.6. The molecular weight excluding hydrogens is 559 g/mol. The van der Waals surface area contributed by atoms with Gasteiger partial charge >= 0.3 is 0 Å². The van der Waals surface area contributed by atoms with Crippen LogP contribution in [0.2, 0.25) is 0 Å². The molecule has 186 valence electrons. The fourth-order valence-electron chi connectivity index (χ4n) is 5.23. The number of benzene rings is 3. The number of ether oxygens (including phenoxy) is 2.